The monoisotopic (exact) mass is 285 g/mol. The van der Waals surface area contributed by atoms with Crippen molar-refractivity contribution in [1.29, 1.82) is 0 Å². The molecule has 1 unspecified atom stereocenters. The zero-order valence-electron chi connectivity index (χ0n) is 10.6. The summed E-state index contributed by atoms with van der Waals surface area (Å²) in [4.78, 5) is 15.4. The smallest absolute Gasteiger partial charge is 0.338 e. The number of nitrogens with zero attached hydrogens (tertiary/aromatic N) is 1. The fraction of sp³-hybridized carbons (Fsp3) is 0.231. The first-order valence-corrected chi connectivity index (χ1v) is 5.93. The van der Waals surface area contributed by atoms with Crippen LogP contribution in [0, 0.1) is 6.92 Å². The van der Waals surface area contributed by atoms with Crippen LogP contribution in [-0.4, -0.2) is 19.3 Å². The van der Waals surface area contributed by atoms with Crippen molar-refractivity contribution in [1.82, 2.24) is 0 Å². The van der Waals surface area contributed by atoms with Crippen LogP contribution in [0.25, 0.3) is 0 Å². The number of ether oxygens (including phenoxy) is 1. The molecule has 0 heterocycles. The molecule has 19 heavy (non-hydrogen) atoms. The van der Waals surface area contributed by atoms with Crippen LogP contribution < -0.4 is 0 Å². The molecule has 0 spiro atoms. The Morgan fingerprint density at radius 2 is 2.16 bits per heavy atom. The number of hydrogen-bond acceptors (Lipinski definition) is 3. The SMILES string of the molecule is C=CN=Cc1c(C(=O)OC)ccc(C(F)(F)P)c1C. The topological polar surface area (TPSA) is 38.7 Å². The summed E-state index contributed by atoms with van der Waals surface area (Å²) in [6, 6.07) is 2.51. The average molecular weight is 285 g/mol. The van der Waals surface area contributed by atoms with Crippen molar-refractivity contribution in [3.05, 3.63) is 47.2 Å². The molecule has 0 saturated heterocycles. The molecule has 1 atom stereocenters. The first-order valence-electron chi connectivity index (χ1n) is 5.36. The van der Waals surface area contributed by atoms with E-state index < -0.39 is 11.6 Å². The second-order valence-electron chi connectivity index (χ2n) is 3.77. The van der Waals surface area contributed by atoms with Gasteiger partial charge in [-0.2, -0.15) is 8.78 Å². The maximum absolute atomic E-state index is 13.4. The number of aliphatic imine (C=N–C) groups is 1. The summed E-state index contributed by atoms with van der Waals surface area (Å²) in [6.07, 6.45) is 2.57. The number of alkyl halides is 2. The van der Waals surface area contributed by atoms with Gasteiger partial charge in [0, 0.05) is 23.5 Å². The predicted octanol–water partition coefficient (Wildman–Crippen LogP) is 3.27. The minimum absolute atomic E-state index is 0.184. The largest absolute Gasteiger partial charge is 0.465 e. The zero-order valence-corrected chi connectivity index (χ0v) is 11.8. The number of carbonyl (C=O) groups excluding carboxylic acids is 1. The Morgan fingerprint density at radius 1 is 1.53 bits per heavy atom. The zero-order chi connectivity index (χ0) is 14.6. The molecule has 1 aromatic rings. The average Bonchev–Trinajstić information content (AvgIpc) is 2.34. The Morgan fingerprint density at radius 3 is 2.63 bits per heavy atom. The Hall–Kier alpha value is -1.61. The van der Waals surface area contributed by atoms with Crippen LogP contribution in [-0.2, 0) is 10.4 Å². The molecule has 1 rings (SSSR count). The minimum atomic E-state index is -3.07. The van der Waals surface area contributed by atoms with Gasteiger partial charge in [0.25, 0.3) is 5.66 Å². The van der Waals surface area contributed by atoms with Gasteiger partial charge in [0.15, 0.2) is 0 Å². The van der Waals surface area contributed by atoms with Crippen molar-refractivity contribution < 1.29 is 18.3 Å². The van der Waals surface area contributed by atoms with Gasteiger partial charge in [-0.15, -0.1) is 0 Å². The third kappa shape index (κ3) is 3.44. The van der Waals surface area contributed by atoms with E-state index in [2.05, 4.69) is 16.3 Å². The van der Waals surface area contributed by atoms with E-state index in [0.29, 0.717) is 5.56 Å². The van der Waals surface area contributed by atoms with E-state index in [-0.39, 0.29) is 16.7 Å². The molecule has 1 aromatic carbocycles. The van der Waals surface area contributed by atoms with E-state index in [4.69, 9.17) is 0 Å². The van der Waals surface area contributed by atoms with E-state index in [1.807, 2.05) is 0 Å². The quantitative estimate of drug-likeness (QED) is 0.484. The first-order chi connectivity index (χ1) is 8.82. The summed E-state index contributed by atoms with van der Waals surface area (Å²) in [6.45, 7) is 4.91. The summed E-state index contributed by atoms with van der Waals surface area (Å²) < 4.78 is 31.4. The van der Waals surface area contributed by atoms with Gasteiger partial charge in [0.05, 0.1) is 12.7 Å². The van der Waals surface area contributed by atoms with Gasteiger partial charge in [-0.25, -0.2) is 4.79 Å². The Balaban J connectivity index is 3.53. The van der Waals surface area contributed by atoms with Crippen molar-refractivity contribution in [2.24, 2.45) is 4.99 Å². The number of benzene rings is 1. The molecule has 0 N–H and O–H groups in total. The second kappa shape index (κ2) is 6.02. The minimum Gasteiger partial charge on any atom is -0.465 e. The van der Waals surface area contributed by atoms with Crippen LogP contribution in [0.3, 0.4) is 0 Å². The van der Waals surface area contributed by atoms with Crippen LogP contribution >= 0.6 is 9.24 Å². The summed E-state index contributed by atoms with van der Waals surface area (Å²) in [7, 11) is 2.70. The Kier molecular flexibility index (Phi) is 4.90. The highest BCUT2D eigenvalue weighted by Crippen LogP contribution is 2.38. The Labute approximate surface area is 112 Å². The maximum Gasteiger partial charge on any atom is 0.338 e. The molecule has 0 aromatic heterocycles. The third-order valence-electron chi connectivity index (χ3n) is 2.59. The lowest BCUT2D eigenvalue weighted by Gasteiger charge is -2.17. The number of methoxy groups -OCH3 is 1. The molecule has 0 saturated carbocycles. The maximum atomic E-state index is 13.4. The molecule has 0 amide bonds. The molecule has 0 aliphatic carbocycles. The fourth-order valence-electron chi connectivity index (χ4n) is 1.67. The highest BCUT2D eigenvalue weighted by atomic mass is 31.0. The van der Waals surface area contributed by atoms with Gasteiger partial charge in [-0.05, 0) is 18.6 Å². The van der Waals surface area contributed by atoms with Crippen LogP contribution in [0.4, 0.5) is 8.78 Å². The lowest BCUT2D eigenvalue weighted by molar-refractivity contribution is 0.0599. The van der Waals surface area contributed by atoms with Crippen molar-refractivity contribution in [3.63, 3.8) is 0 Å². The van der Waals surface area contributed by atoms with Crippen LogP contribution in [0.1, 0.15) is 27.0 Å². The number of esters is 1. The lowest BCUT2D eigenvalue weighted by Crippen LogP contribution is -2.12. The number of rotatable bonds is 4. The molecule has 0 bridgehead atoms. The van der Waals surface area contributed by atoms with E-state index in [1.165, 1.54) is 47.8 Å². The van der Waals surface area contributed by atoms with Crippen LogP contribution in [0.5, 0.6) is 0 Å². The van der Waals surface area contributed by atoms with Gasteiger partial charge in [-0.1, -0.05) is 21.9 Å². The first kappa shape index (κ1) is 15.4. The van der Waals surface area contributed by atoms with Crippen molar-refractivity contribution in [2.45, 2.75) is 12.6 Å². The number of hydrogen-bond donors (Lipinski definition) is 0. The highest BCUT2D eigenvalue weighted by Gasteiger charge is 2.29. The number of halogens is 2. The molecule has 3 nitrogen and oxygen atoms in total. The molecule has 0 aliphatic heterocycles. The van der Waals surface area contributed by atoms with E-state index in [1.54, 1.807) is 0 Å². The van der Waals surface area contributed by atoms with E-state index in [9.17, 15) is 13.6 Å². The third-order valence-corrected chi connectivity index (χ3v) is 2.90. The summed E-state index contributed by atoms with van der Waals surface area (Å²) in [5, 5.41) is 0. The molecule has 6 heteroatoms. The van der Waals surface area contributed by atoms with Crippen molar-refractivity contribution in [3.8, 4) is 0 Å². The standard InChI is InChI=1S/C13H14F2NO2P/c1-4-16-7-10-8(2)11(13(14,15)19)6-5-9(10)12(17)18-3/h4-7H,1,19H2,2-3H3. The summed E-state index contributed by atoms with van der Waals surface area (Å²) in [5.41, 5.74) is -2.51. The lowest BCUT2D eigenvalue weighted by atomic mass is 9.97. The normalized spacial score (nSPS) is 11.6. The van der Waals surface area contributed by atoms with Crippen molar-refractivity contribution in [2.75, 3.05) is 7.11 Å². The molecule has 0 radical (unpaired) electrons. The molecular formula is C13H14F2NO2P. The molecule has 0 aliphatic rings. The number of carbonyl (C=O) groups is 1. The second-order valence-corrected chi connectivity index (χ2v) is 4.50. The van der Waals surface area contributed by atoms with Crippen LogP contribution in [0.2, 0.25) is 0 Å². The van der Waals surface area contributed by atoms with Gasteiger partial charge < -0.3 is 4.74 Å². The highest BCUT2D eigenvalue weighted by molar-refractivity contribution is 7.17. The van der Waals surface area contributed by atoms with E-state index >= 15 is 0 Å². The van der Waals surface area contributed by atoms with Crippen LogP contribution in [0.15, 0.2) is 29.9 Å². The van der Waals surface area contributed by atoms with E-state index in [0.717, 1.165) is 0 Å². The molecular weight excluding hydrogens is 271 g/mol. The van der Waals surface area contributed by atoms with Gasteiger partial charge >= 0.3 is 5.97 Å². The summed E-state index contributed by atoms with van der Waals surface area (Å²) >= 11 is 0. The van der Waals surface area contributed by atoms with Gasteiger partial charge in [0.1, 0.15) is 0 Å². The summed E-state index contributed by atoms with van der Waals surface area (Å²) in [5.74, 6) is -0.604. The van der Waals surface area contributed by atoms with Crippen molar-refractivity contribution >= 4 is 21.4 Å². The predicted molar refractivity (Wildman–Crippen MR) is 73.9 cm³/mol. The molecule has 0 fully saturated rings. The Bertz CT molecular complexity index is 536. The van der Waals surface area contributed by atoms with Gasteiger partial charge in [0.2, 0.25) is 0 Å². The molecule has 102 valence electrons. The van der Waals surface area contributed by atoms with Gasteiger partial charge in [-0.3, -0.25) is 4.99 Å². The fourth-order valence-corrected chi connectivity index (χ4v) is 1.98.